The monoisotopic (exact) mass is 297 g/mol. The number of hydrogen-bond acceptors (Lipinski definition) is 3. The summed E-state index contributed by atoms with van der Waals surface area (Å²) in [5.41, 5.74) is 1.30. The van der Waals surface area contributed by atoms with Crippen LogP contribution in [0.2, 0.25) is 0 Å². The molecule has 0 amide bonds. The van der Waals surface area contributed by atoms with Gasteiger partial charge in [-0.05, 0) is 36.8 Å². The van der Waals surface area contributed by atoms with Gasteiger partial charge in [0.15, 0.2) is 5.11 Å². The number of halogens is 1. The van der Waals surface area contributed by atoms with Gasteiger partial charge in [-0.15, -0.1) is 0 Å². The van der Waals surface area contributed by atoms with E-state index in [1.807, 2.05) is 6.07 Å². The molecular weight excluding hydrogens is 277 g/mol. The first-order chi connectivity index (χ1) is 9.60. The van der Waals surface area contributed by atoms with Gasteiger partial charge in [-0.2, -0.15) is 0 Å². The molecular formula is C14H20FN3OS. The summed E-state index contributed by atoms with van der Waals surface area (Å²) in [5.74, 6) is -0.231. The summed E-state index contributed by atoms with van der Waals surface area (Å²) in [6.07, 6.45) is 0. The van der Waals surface area contributed by atoms with Crippen LogP contribution in [-0.4, -0.2) is 59.3 Å². The lowest BCUT2D eigenvalue weighted by Gasteiger charge is -2.35. The normalized spacial score (nSPS) is 16.2. The first-order valence-electron chi connectivity index (χ1n) is 6.75. The van der Waals surface area contributed by atoms with Crippen LogP contribution < -0.4 is 5.32 Å². The number of benzene rings is 1. The average Bonchev–Trinajstić information content (AvgIpc) is 2.44. The van der Waals surface area contributed by atoms with Crippen LogP contribution in [0.3, 0.4) is 0 Å². The molecule has 0 bridgehead atoms. The third kappa shape index (κ3) is 3.88. The third-order valence-corrected chi connectivity index (χ3v) is 3.86. The maximum absolute atomic E-state index is 13.5. The Balaban J connectivity index is 1.88. The lowest BCUT2D eigenvalue weighted by molar-refractivity contribution is 0.148. The van der Waals surface area contributed by atoms with Gasteiger partial charge in [0.2, 0.25) is 0 Å². The first kappa shape index (κ1) is 15.2. The zero-order valence-corrected chi connectivity index (χ0v) is 12.4. The Labute approximate surface area is 124 Å². The van der Waals surface area contributed by atoms with Crippen LogP contribution in [0.4, 0.5) is 10.1 Å². The fourth-order valence-corrected chi connectivity index (χ4v) is 2.49. The Kier molecular flexibility index (Phi) is 5.28. The standard InChI is InChI=1S/C14H20FN3OS/c1-11-2-3-12(10-13(11)15)16-14(20)18-6-4-17(5-7-18)8-9-19/h2-3,10,19H,4-9H2,1H3,(H,16,20). The minimum atomic E-state index is -0.231. The maximum atomic E-state index is 13.5. The van der Waals surface area contributed by atoms with Crippen LogP contribution in [0.5, 0.6) is 0 Å². The molecule has 0 unspecified atom stereocenters. The number of aliphatic hydroxyl groups excluding tert-OH is 1. The predicted octanol–water partition coefficient (Wildman–Crippen LogP) is 1.44. The SMILES string of the molecule is Cc1ccc(NC(=S)N2CCN(CCO)CC2)cc1F. The van der Waals surface area contributed by atoms with Gasteiger partial charge < -0.3 is 15.3 Å². The number of anilines is 1. The lowest BCUT2D eigenvalue weighted by Crippen LogP contribution is -2.50. The van der Waals surface area contributed by atoms with E-state index in [-0.39, 0.29) is 12.4 Å². The van der Waals surface area contributed by atoms with Crippen LogP contribution in [0, 0.1) is 12.7 Å². The van der Waals surface area contributed by atoms with Crippen molar-refractivity contribution in [1.82, 2.24) is 9.80 Å². The number of nitrogens with one attached hydrogen (secondary N) is 1. The van der Waals surface area contributed by atoms with Crippen molar-refractivity contribution in [2.75, 3.05) is 44.6 Å². The van der Waals surface area contributed by atoms with E-state index >= 15 is 0 Å². The molecule has 1 aromatic rings. The van der Waals surface area contributed by atoms with Crippen molar-refractivity contribution in [2.45, 2.75) is 6.92 Å². The maximum Gasteiger partial charge on any atom is 0.173 e. The average molecular weight is 297 g/mol. The Morgan fingerprint density at radius 3 is 2.65 bits per heavy atom. The Morgan fingerprint density at radius 2 is 2.05 bits per heavy atom. The summed E-state index contributed by atoms with van der Waals surface area (Å²) in [4.78, 5) is 4.27. The van der Waals surface area contributed by atoms with Crippen molar-refractivity contribution in [3.05, 3.63) is 29.6 Å². The summed E-state index contributed by atoms with van der Waals surface area (Å²) < 4.78 is 13.5. The molecule has 1 aliphatic rings. The number of rotatable bonds is 3. The molecule has 0 spiro atoms. The van der Waals surface area contributed by atoms with E-state index in [0.29, 0.717) is 22.9 Å². The number of β-amino-alcohol motifs (C(OH)–C–C–N with tert-alkyl or cyclic N) is 1. The van der Waals surface area contributed by atoms with E-state index in [2.05, 4.69) is 15.1 Å². The second-order valence-corrected chi connectivity index (χ2v) is 5.33. The summed E-state index contributed by atoms with van der Waals surface area (Å²) in [7, 11) is 0. The molecule has 1 aromatic carbocycles. The fourth-order valence-electron chi connectivity index (χ4n) is 2.19. The van der Waals surface area contributed by atoms with Gasteiger partial charge in [-0.3, -0.25) is 4.90 Å². The van der Waals surface area contributed by atoms with Crippen molar-refractivity contribution in [2.24, 2.45) is 0 Å². The molecule has 0 radical (unpaired) electrons. The van der Waals surface area contributed by atoms with Gasteiger partial charge in [-0.25, -0.2) is 4.39 Å². The summed E-state index contributed by atoms with van der Waals surface area (Å²) >= 11 is 5.36. The van der Waals surface area contributed by atoms with Crippen molar-refractivity contribution >= 4 is 23.0 Å². The molecule has 20 heavy (non-hydrogen) atoms. The van der Waals surface area contributed by atoms with Crippen LogP contribution in [0.15, 0.2) is 18.2 Å². The molecule has 1 heterocycles. The van der Waals surface area contributed by atoms with Crippen LogP contribution in [0.25, 0.3) is 0 Å². The molecule has 0 saturated carbocycles. The Bertz CT molecular complexity index is 475. The van der Waals surface area contributed by atoms with Gasteiger partial charge >= 0.3 is 0 Å². The minimum Gasteiger partial charge on any atom is -0.395 e. The fraction of sp³-hybridized carbons (Fsp3) is 0.500. The molecule has 0 aliphatic carbocycles. The molecule has 2 rings (SSSR count). The quantitative estimate of drug-likeness (QED) is 0.826. The highest BCUT2D eigenvalue weighted by molar-refractivity contribution is 7.80. The number of aryl methyl sites for hydroxylation is 1. The lowest BCUT2D eigenvalue weighted by atomic mass is 10.2. The van der Waals surface area contributed by atoms with Gasteiger partial charge in [0, 0.05) is 38.4 Å². The summed E-state index contributed by atoms with van der Waals surface area (Å²) in [6, 6.07) is 5.02. The van der Waals surface area contributed by atoms with E-state index in [1.54, 1.807) is 13.0 Å². The molecule has 0 aromatic heterocycles. The van der Waals surface area contributed by atoms with E-state index in [4.69, 9.17) is 17.3 Å². The van der Waals surface area contributed by atoms with E-state index in [1.165, 1.54) is 6.07 Å². The topological polar surface area (TPSA) is 38.7 Å². The number of piperazine rings is 1. The van der Waals surface area contributed by atoms with Crippen LogP contribution >= 0.6 is 12.2 Å². The van der Waals surface area contributed by atoms with Crippen molar-refractivity contribution in [1.29, 1.82) is 0 Å². The van der Waals surface area contributed by atoms with Crippen LogP contribution in [0.1, 0.15) is 5.56 Å². The predicted molar refractivity (Wildman–Crippen MR) is 82.5 cm³/mol. The highest BCUT2D eigenvalue weighted by Crippen LogP contribution is 2.14. The van der Waals surface area contributed by atoms with Crippen molar-refractivity contribution in [3.63, 3.8) is 0 Å². The minimum absolute atomic E-state index is 0.186. The van der Waals surface area contributed by atoms with Gasteiger partial charge in [0.05, 0.1) is 6.61 Å². The highest BCUT2D eigenvalue weighted by Gasteiger charge is 2.18. The molecule has 4 nitrogen and oxygen atoms in total. The van der Waals surface area contributed by atoms with Gasteiger partial charge in [0.25, 0.3) is 0 Å². The Morgan fingerprint density at radius 1 is 1.35 bits per heavy atom. The molecule has 1 fully saturated rings. The molecule has 1 saturated heterocycles. The third-order valence-electron chi connectivity index (χ3n) is 3.50. The smallest absolute Gasteiger partial charge is 0.173 e. The zero-order valence-electron chi connectivity index (χ0n) is 11.6. The Hall–Kier alpha value is -1.24. The first-order valence-corrected chi connectivity index (χ1v) is 7.16. The molecule has 1 aliphatic heterocycles. The zero-order chi connectivity index (χ0) is 14.5. The number of aliphatic hydroxyl groups is 1. The van der Waals surface area contributed by atoms with Gasteiger partial charge in [0.1, 0.15) is 5.82 Å². The van der Waals surface area contributed by atoms with Crippen molar-refractivity contribution in [3.8, 4) is 0 Å². The largest absolute Gasteiger partial charge is 0.395 e. The molecule has 6 heteroatoms. The second kappa shape index (κ2) is 6.97. The highest BCUT2D eigenvalue weighted by atomic mass is 32.1. The van der Waals surface area contributed by atoms with E-state index < -0.39 is 0 Å². The molecule has 110 valence electrons. The van der Waals surface area contributed by atoms with E-state index in [0.717, 1.165) is 26.2 Å². The number of nitrogens with zero attached hydrogens (tertiary/aromatic N) is 2. The summed E-state index contributed by atoms with van der Waals surface area (Å²) in [5, 5.41) is 12.6. The number of hydrogen-bond donors (Lipinski definition) is 2. The number of thiocarbonyl (C=S) groups is 1. The second-order valence-electron chi connectivity index (χ2n) is 4.95. The van der Waals surface area contributed by atoms with E-state index in [9.17, 15) is 4.39 Å². The van der Waals surface area contributed by atoms with Gasteiger partial charge in [-0.1, -0.05) is 6.07 Å². The molecule has 2 N–H and O–H groups in total. The summed E-state index contributed by atoms with van der Waals surface area (Å²) in [6.45, 7) is 6.02. The van der Waals surface area contributed by atoms with Crippen LogP contribution in [-0.2, 0) is 0 Å². The van der Waals surface area contributed by atoms with Crippen molar-refractivity contribution < 1.29 is 9.50 Å². The molecule has 0 atom stereocenters.